The van der Waals surface area contributed by atoms with E-state index in [0.29, 0.717) is 6.54 Å². The number of hydrogen-bond donors (Lipinski definition) is 1. The van der Waals surface area contributed by atoms with Gasteiger partial charge >= 0.3 is 0 Å². The monoisotopic (exact) mass is 361 g/mol. The second kappa shape index (κ2) is 5.88. The zero-order valence-electron chi connectivity index (χ0n) is 16.7. The van der Waals surface area contributed by atoms with Crippen LogP contribution in [0.2, 0.25) is 0 Å². The highest BCUT2D eigenvalue weighted by Crippen LogP contribution is 2.53. The molecule has 1 atom stereocenters. The van der Waals surface area contributed by atoms with Gasteiger partial charge in [-0.3, -0.25) is 4.79 Å². The SMILES string of the molecule is Cc1ccc2c(c1)C(C)(C)C1(C=Cc3ccc(N(C)C)cc3)NC(=O)CN21. The van der Waals surface area contributed by atoms with Crippen LogP contribution in [0, 0.1) is 6.92 Å². The average molecular weight is 361 g/mol. The van der Waals surface area contributed by atoms with Gasteiger partial charge in [-0.05, 0) is 42.3 Å². The molecule has 2 aliphatic rings. The lowest BCUT2D eigenvalue weighted by atomic mass is 9.75. The van der Waals surface area contributed by atoms with Crippen LogP contribution in [0.15, 0.2) is 48.5 Å². The molecule has 1 amide bonds. The van der Waals surface area contributed by atoms with Crippen molar-refractivity contribution in [2.75, 3.05) is 30.4 Å². The summed E-state index contributed by atoms with van der Waals surface area (Å²) in [6, 6.07) is 15.0. The third kappa shape index (κ3) is 2.54. The van der Waals surface area contributed by atoms with Crippen molar-refractivity contribution in [3.8, 4) is 0 Å². The number of carbonyl (C=O) groups is 1. The molecule has 0 bridgehead atoms. The third-order valence-corrected chi connectivity index (χ3v) is 6.05. The minimum absolute atomic E-state index is 0.0712. The van der Waals surface area contributed by atoms with Gasteiger partial charge in [0.25, 0.3) is 0 Å². The summed E-state index contributed by atoms with van der Waals surface area (Å²) in [6.45, 7) is 6.95. The number of hydrogen-bond acceptors (Lipinski definition) is 3. The standard InChI is InChI=1S/C23H27N3O/c1-16-6-11-20-19(14-16)22(2,3)23(24-21(27)15-26(20)23)13-12-17-7-9-18(10-8-17)25(4)5/h6-14H,15H2,1-5H3,(H,24,27). The number of anilines is 2. The molecule has 27 heavy (non-hydrogen) atoms. The summed E-state index contributed by atoms with van der Waals surface area (Å²) in [5, 5.41) is 3.28. The van der Waals surface area contributed by atoms with Gasteiger partial charge < -0.3 is 15.1 Å². The summed E-state index contributed by atoms with van der Waals surface area (Å²) in [4.78, 5) is 16.7. The fraction of sp³-hybridized carbons (Fsp3) is 0.348. The van der Waals surface area contributed by atoms with Crippen molar-refractivity contribution in [3.63, 3.8) is 0 Å². The predicted molar refractivity (Wildman–Crippen MR) is 112 cm³/mol. The largest absolute Gasteiger partial charge is 0.378 e. The molecule has 1 fully saturated rings. The Morgan fingerprint density at radius 2 is 1.81 bits per heavy atom. The lowest BCUT2D eigenvalue weighted by Gasteiger charge is -2.40. The Labute approximate surface area is 161 Å². The Morgan fingerprint density at radius 3 is 2.48 bits per heavy atom. The van der Waals surface area contributed by atoms with Gasteiger partial charge in [0, 0.05) is 30.9 Å². The van der Waals surface area contributed by atoms with Crippen LogP contribution in [0.3, 0.4) is 0 Å². The van der Waals surface area contributed by atoms with Crippen molar-refractivity contribution in [3.05, 3.63) is 65.2 Å². The molecule has 0 radical (unpaired) electrons. The van der Waals surface area contributed by atoms with E-state index in [0.717, 1.165) is 11.3 Å². The Balaban J connectivity index is 1.76. The van der Waals surface area contributed by atoms with Crippen molar-refractivity contribution in [1.82, 2.24) is 5.32 Å². The number of nitrogens with one attached hydrogen (secondary N) is 1. The predicted octanol–water partition coefficient (Wildman–Crippen LogP) is 3.70. The van der Waals surface area contributed by atoms with Gasteiger partial charge in [-0.2, -0.15) is 0 Å². The Kier molecular flexibility index (Phi) is 3.84. The summed E-state index contributed by atoms with van der Waals surface area (Å²) >= 11 is 0. The van der Waals surface area contributed by atoms with Crippen LogP contribution in [0.1, 0.15) is 30.5 Å². The lowest BCUT2D eigenvalue weighted by molar-refractivity contribution is -0.118. The Hall–Kier alpha value is -2.75. The normalized spacial score (nSPS) is 22.7. The summed E-state index contributed by atoms with van der Waals surface area (Å²) < 4.78 is 0. The van der Waals surface area contributed by atoms with Crippen LogP contribution in [0.4, 0.5) is 11.4 Å². The molecule has 0 aromatic heterocycles. The molecule has 0 saturated carbocycles. The van der Waals surface area contributed by atoms with Crippen LogP contribution in [-0.4, -0.2) is 32.2 Å². The first-order valence-electron chi connectivity index (χ1n) is 9.41. The number of fused-ring (bicyclic) bond motifs is 3. The zero-order chi connectivity index (χ0) is 19.4. The number of amides is 1. The molecule has 0 spiro atoms. The van der Waals surface area contributed by atoms with Crippen molar-refractivity contribution < 1.29 is 4.79 Å². The molecule has 1 saturated heterocycles. The highest BCUT2D eigenvalue weighted by Gasteiger charge is 2.59. The second-order valence-electron chi connectivity index (χ2n) is 8.37. The van der Waals surface area contributed by atoms with E-state index in [2.05, 4.69) is 90.5 Å². The number of nitrogens with zero attached hydrogens (tertiary/aromatic N) is 2. The Morgan fingerprint density at radius 1 is 1.11 bits per heavy atom. The van der Waals surface area contributed by atoms with Crippen LogP contribution in [0.5, 0.6) is 0 Å². The second-order valence-corrected chi connectivity index (χ2v) is 8.37. The smallest absolute Gasteiger partial charge is 0.241 e. The molecule has 2 heterocycles. The maximum absolute atomic E-state index is 12.4. The van der Waals surface area contributed by atoms with Crippen LogP contribution >= 0.6 is 0 Å². The molecule has 4 heteroatoms. The number of rotatable bonds is 3. The van der Waals surface area contributed by atoms with E-state index in [1.54, 1.807) is 0 Å². The minimum atomic E-state index is -0.541. The maximum atomic E-state index is 12.4. The first kappa shape index (κ1) is 17.7. The van der Waals surface area contributed by atoms with Gasteiger partial charge in [-0.1, -0.05) is 49.8 Å². The molecule has 1 unspecified atom stereocenters. The molecule has 2 aromatic rings. The fourth-order valence-electron chi connectivity index (χ4n) is 4.39. The first-order chi connectivity index (χ1) is 12.7. The summed E-state index contributed by atoms with van der Waals surface area (Å²) in [5.74, 6) is 0.0712. The molecular formula is C23H27N3O. The van der Waals surface area contributed by atoms with E-state index in [1.807, 2.05) is 14.1 Å². The molecule has 1 N–H and O–H groups in total. The van der Waals surface area contributed by atoms with Crippen LogP contribution in [-0.2, 0) is 10.2 Å². The minimum Gasteiger partial charge on any atom is -0.378 e. The molecule has 4 nitrogen and oxygen atoms in total. The molecule has 2 aliphatic heterocycles. The van der Waals surface area contributed by atoms with Gasteiger partial charge in [0.1, 0.15) is 5.66 Å². The molecule has 2 aromatic carbocycles. The summed E-state index contributed by atoms with van der Waals surface area (Å²) in [5.41, 5.74) is 5.20. The summed E-state index contributed by atoms with van der Waals surface area (Å²) in [6.07, 6.45) is 4.29. The molecule has 4 rings (SSSR count). The van der Waals surface area contributed by atoms with E-state index in [1.165, 1.54) is 16.8 Å². The first-order valence-corrected chi connectivity index (χ1v) is 9.41. The number of aryl methyl sites for hydroxylation is 1. The topological polar surface area (TPSA) is 35.6 Å². The van der Waals surface area contributed by atoms with Crippen molar-refractivity contribution >= 4 is 23.4 Å². The van der Waals surface area contributed by atoms with E-state index in [9.17, 15) is 4.79 Å². The van der Waals surface area contributed by atoms with Crippen LogP contribution in [0.25, 0.3) is 6.08 Å². The van der Waals surface area contributed by atoms with Gasteiger partial charge in [0.2, 0.25) is 5.91 Å². The van der Waals surface area contributed by atoms with Gasteiger partial charge in [0.15, 0.2) is 0 Å². The lowest BCUT2D eigenvalue weighted by Crippen LogP contribution is -2.58. The van der Waals surface area contributed by atoms with E-state index in [4.69, 9.17) is 0 Å². The van der Waals surface area contributed by atoms with Crippen molar-refractivity contribution in [2.24, 2.45) is 0 Å². The number of carbonyl (C=O) groups excluding carboxylic acids is 1. The van der Waals surface area contributed by atoms with Gasteiger partial charge in [-0.15, -0.1) is 0 Å². The molecule has 0 aliphatic carbocycles. The van der Waals surface area contributed by atoms with Crippen LogP contribution < -0.4 is 15.1 Å². The number of benzene rings is 2. The van der Waals surface area contributed by atoms with E-state index < -0.39 is 5.66 Å². The highest BCUT2D eigenvalue weighted by molar-refractivity contribution is 5.91. The Bertz CT molecular complexity index is 927. The van der Waals surface area contributed by atoms with Gasteiger partial charge in [-0.25, -0.2) is 0 Å². The van der Waals surface area contributed by atoms with Crippen molar-refractivity contribution in [2.45, 2.75) is 31.8 Å². The fourth-order valence-corrected chi connectivity index (χ4v) is 4.39. The van der Waals surface area contributed by atoms with E-state index in [-0.39, 0.29) is 11.3 Å². The van der Waals surface area contributed by atoms with Crippen molar-refractivity contribution in [1.29, 1.82) is 0 Å². The maximum Gasteiger partial charge on any atom is 0.241 e. The molecule has 140 valence electrons. The van der Waals surface area contributed by atoms with Gasteiger partial charge in [0.05, 0.1) is 6.54 Å². The summed E-state index contributed by atoms with van der Waals surface area (Å²) in [7, 11) is 4.08. The average Bonchev–Trinajstić information content (AvgIpc) is 3.05. The van der Waals surface area contributed by atoms with E-state index >= 15 is 0 Å². The quantitative estimate of drug-likeness (QED) is 0.905. The zero-order valence-corrected chi connectivity index (χ0v) is 16.7. The third-order valence-electron chi connectivity index (χ3n) is 6.05. The highest BCUT2D eigenvalue weighted by atomic mass is 16.2. The molecular weight excluding hydrogens is 334 g/mol.